The number of nitrogens with one attached hydrogen (secondary N) is 1. The van der Waals surface area contributed by atoms with Crippen molar-refractivity contribution in [3.63, 3.8) is 0 Å². The van der Waals surface area contributed by atoms with E-state index in [2.05, 4.69) is 17.9 Å². The maximum Gasteiger partial charge on any atom is 0.322 e. The number of aliphatic carboxylic acids is 2. The molecule has 1 atom stereocenters. The highest BCUT2D eigenvalue weighted by Crippen LogP contribution is 1.92. The van der Waals surface area contributed by atoms with Crippen LogP contribution in [0.25, 0.3) is 0 Å². The second-order valence-corrected chi connectivity index (χ2v) is 4.04. The van der Waals surface area contributed by atoms with Gasteiger partial charge in [0.05, 0.1) is 0 Å². The number of carboxylic acids is 2. The van der Waals surface area contributed by atoms with E-state index in [0.29, 0.717) is 5.75 Å². The van der Waals surface area contributed by atoms with E-state index >= 15 is 0 Å². The van der Waals surface area contributed by atoms with Crippen molar-refractivity contribution >= 4 is 36.4 Å². The van der Waals surface area contributed by atoms with Crippen LogP contribution in [0.15, 0.2) is 0 Å². The summed E-state index contributed by atoms with van der Waals surface area (Å²) in [6.07, 6.45) is 0.383. The summed E-state index contributed by atoms with van der Waals surface area (Å²) in [5, 5.41) is 18.5. The summed E-state index contributed by atoms with van der Waals surface area (Å²) < 4.78 is 0. The first-order valence-electron chi connectivity index (χ1n) is 5.56. The Bertz CT molecular complexity index is 350. The molecule has 2 amide bonds. The number of primary amides is 1. The Morgan fingerprint density at radius 3 is 2.05 bits per heavy atom. The second kappa shape index (κ2) is 12.2. The topological polar surface area (TPSA) is 173 Å². The Hall–Kier alpha value is -1.81. The van der Waals surface area contributed by atoms with Crippen LogP contribution in [-0.4, -0.2) is 52.3 Å². The van der Waals surface area contributed by atoms with Gasteiger partial charge in [-0.2, -0.15) is 12.6 Å². The van der Waals surface area contributed by atoms with Gasteiger partial charge >= 0.3 is 11.9 Å². The van der Waals surface area contributed by atoms with Crippen molar-refractivity contribution in [2.24, 2.45) is 11.5 Å². The molecule has 0 bridgehead atoms. The molecular formula is C10H19N3O6S. The molecular weight excluding hydrogens is 290 g/mol. The van der Waals surface area contributed by atoms with E-state index in [1.54, 1.807) is 0 Å². The molecule has 0 spiro atoms. The van der Waals surface area contributed by atoms with Gasteiger partial charge in [0.1, 0.15) is 12.6 Å². The minimum absolute atomic E-state index is 0.0213. The first-order valence-corrected chi connectivity index (χ1v) is 6.20. The Balaban J connectivity index is 0. The van der Waals surface area contributed by atoms with Gasteiger partial charge < -0.3 is 27.0 Å². The van der Waals surface area contributed by atoms with E-state index in [9.17, 15) is 19.2 Å². The van der Waals surface area contributed by atoms with Gasteiger partial charge in [0, 0.05) is 12.8 Å². The summed E-state index contributed by atoms with van der Waals surface area (Å²) in [6, 6.07) is -0.979. The summed E-state index contributed by atoms with van der Waals surface area (Å²) in [7, 11) is 0. The Kier molecular flexibility index (Phi) is 12.5. The second-order valence-electron chi connectivity index (χ2n) is 3.59. The van der Waals surface area contributed by atoms with Gasteiger partial charge in [0.15, 0.2) is 0 Å². The molecule has 9 nitrogen and oxygen atoms in total. The third kappa shape index (κ3) is 16.2. The van der Waals surface area contributed by atoms with Crippen molar-refractivity contribution in [2.45, 2.75) is 25.3 Å². The summed E-state index contributed by atoms with van der Waals surface area (Å²) in [5.74, 6) is -2.52. The molecule has 116 valence electrons. The van der Waals surface area contributed by atoms with Crippen molar-refractivity contribution in [2.75, 3.05) is 12.3 Å². The highest BCUT2D eigenvalue weighted by atomic mass is 32.1. The highest BCUT2D eigenvalue weighted by Gasteiger charge is 2.11. The minimum atomic E-state index is -1.11. The standard InChI is InChI=1S/C5H10N2O3.C5H9NO3S/c6-3(5(9)10)1-2-4(7)8;7-4(1-2-10)6-3-5(8)9/h3H,1-2,6H2,(H2,7,8)(H,9,10);10H,1-3H2,(H,6,7)(H,8,9)/t3-;/m0./s1. The Labute approximate surface area is 121 Å². The third-order valence-corrected chi connectivity index (χ3v) is 2.02. The van der Waals surface area contributed by atoms with Crippen LogP contribution in [0.1, 0.15) is 19.3 Å². The van der Waals surface area contributed by atoms with Crippen LogP contribution in [-0.2, 0) is 19.2 Å². The summed E-state index contributed by atoms with van der Waals surface area (Å²) in [4.78, 5) is 40.5. The Morgan fingerprint density at radius 2 is 1.70 bits per heavy atom. The average molecular weight is 309 g/mol. The van der Waals surface area contributed by atoms with Gasteiger partial charge in [-0.05, 0) is 12.2 Å². The van der Waals surface area contributed by atoms with E-state index in [1.807, 2.05) is 0 Å². The van der Waals surface area contributed by atoms with E-state index in [1.165, 1.54) is 0 Å². The van der Waals surface area contributed by atoms with E-state index in [-0.39, 0.29) is 31.7 Å². The summed E-state index contributed by atoms with van der Waals surface area (Å²) in [6.45, 7) is -0.313. The van der Waals surface area contributed by atoms with Crippen LogP contribution >= 0.6 is 12.6 Å². The SMILES string of the molecule is NC(=O)CC[C@H](N)C(=O)O.O=C(O)CNC(=O)CCS. The molecule has 0 aromatic rings. The highest BCUT2D eigenvalue weighted by molar-refractivity contribution is 7.80. The van der Waals surface area contributed by atoms with Crippen molar-refractivity contribution in [1.82, 2.24) is 5.32 Å². The fourth-order valence-electron chi connectivity index (χ4n) is 0.785. The predicted octanol–water partition coefficient (Wildman–Crippen LogP) is -1.83. The number of hydrogen-bond donors (Lipinski definition) is 6. The maximum absolute atomic E-state index is 10.5. The number of rotatable bonds is 8. The molecule has 20 heavy (non-hydrogen) atoms. The number of carboxylic acid groups (broad SMARTS) is 2. The molecule has 7 N–H and O–H groups in total. The molecule has 0 saturated heterocycles. The average Bonchev–Trinajstić information content (AvgIpc) is 2.34. The first kappa shape index (κ1) is 20.5. The Morgan fingerprint density at radius 1 is 1.15 bits per heavy atom. The molecule has 0 saturated carbocycles. The number of hydrogen-bond acceptors (Lipinski definition) is 6. The quantitative estimate of drug-likeness (QED) is 0.286. The van der Waals surface area contributed by atoms with Gasteiger partial charge in [-0.25, -0.2) is 0 Å². The number of carbonyl (C=O) groups excluding carboxylic acids is 2. The molecule has 10 heteroatoms. The van der Waals surface area contributed by atoms with Crippen LogP contribution in [0, 0.1) is 0 Å². The lowest BCUT2D eigenvalue weighted by molar-refractivity contribution is -0.139. The molecule has 0 aliphatic heterocycles. The normalized spacial score (nSPS) is 10.7. The van der Waals surface area contributed by atoms with Crippen LogP contribution in [0.3, 0.4) is 0 Å². The zero-order valence-corrected chi connectivity index (χ0v) is 11.6. The van der Waals surface area contributed by atoms with Crippen LogP contribution < -0.4 is 16.8 Å². The first-order chi connectivity index (χ1) is 9.20. The largest absolute Gasteiger partial charge is 0.480 e. The molecule has 0 aromatic carbocycles. The molecule has 0 aliphatic rings. The number of carbonyl (C=O) groups is 4. The lowest BCUT2D eigenvalue weighted by Crippen LogP contribution is -2.31. The molecule has 0 aromatic heterocycles. The van der Waals surface area contributed by atoms with Crippen molar-refractivity contribution in [3.05, 3.63) is 0 Å². The van der Waals surface area contributed by atoms with Gasteiger partial charge in [-0.15, -0.1) is 0 Å². The molecule has 0 radical (unpaired) electrons. The number of amides is 2. The molecule has 0 heterocycles. The summed E-state index contributed by atoms with van der Waals surface area (Å²) in [5.41, 5.74) is 9.81. The lowest BCUT2D eigenvalue weighted by atomic mass is 10.2. The fourth-order valence-corrected chi connectivity index (χ4v) is 0.988. The van der Waals surface area contributed by atoms with Crippen LogP contribution in [0.2, 0.25) is 0 Å². The van der Waals surface area contributed by atoms with Crippen LogP contribution in [0.5, 0.6) is 0 Å². The lowest BCUT2D eigenvalue weighted by Gasteiger charge is -2.01. The van der Waals surface area contributed by atoms with Crippen molar-refractivity contribution in [1.29, 1.82) is 0 Å². The van der Waals surface area contributed by atoms with E-state index < -0.39 is 23.9 Å². The maximum atomic E-state index is 10.5. The minimum Gasteiger partial charge on any atom is -0.480 e. The third-order valence-electron chi connectivity index (χ3n) is 1.79. The van der Waals surface area contributed by atoms with E-state index in [4.69, 9.17) is 21.7 Å². The molecule has 0 unspecified atom stereocenters. The summed E-state index contributed by atoms with van der Waals surface area (Å²) >= 11 is 3.80. The smallest absolute Gasteiger partial charge is 0.322 e. The van der Waals surface area contributed by atoms with E-state index in [0.717, 1.165) is 0 Å². The van der Waals surface area contributed by atoms with Gasteiger partial charge in [-0.3, -0.25) is 19.2 Å². The zero-order valence-electron chi connectivity index (χ0n) is 10.7. The van der Waals surface area contributed by atoms with Gasteiger partial charge in [-0.1, -0.05) is 0 Å². The molecule has 0 aliphatic carbocycles. The predicted molar refractivity (Wildman–Crippen MR) is 73.2 cm³/mol. The number of thiol groups is 1. The van der Waals surface area contributed by atoms with Crippen LogP contribution in [0.4, 0.5) is 0 Å². The fraction of sp³-hybridized carbons (Fsp3) is 0.600. The zero-order chi connectivity index (χ0) is 16.1. The van der Waals surface area contributed by atoms with Gasteiger partial charge in [0.25, 0.3) is 0 Å². The van der Waals surface area contributed by atoms with Crippen molar-refractivity contribution in [3.8, 4) is 0 Å². The number of nitrogens with two attached hydrogens (primary N) is 2. The van der Waals surface area contributed by atoms with Crippen molar-refractivity contribution < 1.29 is 29.4 Å². The monoisotopic (exact) mass is 309 g/mol. The van der Waals surface area contributed by atoms with Gasteiger partial charge in [0.2, 0.25) is 11.8 Å². The molecule has 0 fully saturated rings. The molecule has 0 rings (SSSR count).